The second-order valence-corrected chi connectivity index (χ2v) is 6.36. The Morgan fingerprint density at radius 1 is 1.24 bits per heavy atom. The van der Waals surface area contributed by atoms with Gasteiger partial charge in [0.1, 0.15) is 6.10 Å². The quantitative estimate of drug-likeness (QED) is 0.865. The van der Waals surface area contributed by atoms with Crippen molar-refractivity contribution in [3.8, 4) is 0 Å². The molecule has 3 atom stereocenters. The molecule has 0 saturated carbocycles. The molecule has 0 amide bonds. The maximum absolute atomic E-state index is 9.78. The highest BCUT2D eigenvalue weighted by Gasteiger charge is 2.33. The van der Waals surface area contributed by atoms with Gasteiger partial charge >= 0.3 is 0 Å². The van der Waals surface area contributed by atoms with Gasteiger partial charge in [-0.25, -0.2) is 0 Å². The zero-order valence-corrected chi connectivity index (χ0v) is 10.9. The van der Waals surface area contributed by atoms with Crippen LogP contribution < -0.4 is 0 Å². The number of ether oxygens (including phenoxy) is 1. The molecule has 0 spiro atoms. The maximum atomic E-state index is 9.78. The van der Waals surface area contributed by atoms with Crippen LogP contribution >= 0.6 is 23.5 Å². The van der Waals surface area contributed by atoms with Crippen LogP contribution in [0.5, 0.6) is 0 Å². The third-order valence-electron chi connectivity index (χ3n) is 2.93. The van der Waals surface area contributed by atoms with Gasteiger partial charge in [-0.15, -0.1) is 0 Å². The molecule has 94 valence electrons. The van der Waals surface area contributed by atoms with E-state index < -0.39 is 0 Å². The lowest BCUT2D eigenvalue weighted by Gasteiger charge is -2.18. The standard InChI is InChI=1S/C10H14N2O3S2/c13-7-4-17-3-6(7)10-11-9(12-15-10)8-5-16-2-1-14-8/h6-8,13H,1-5H2. The molecule has 17 heavy (non-hydrogen) atoms. The molecular weight excluding hydrogens is 260 g/mol. The molecule has 0 radical (unpaired) electrons. The molecule has 1 N–H and O–H groups in total. The van der Waals surface area contributed by atoms with E-state index in [1.807, 2.05) is 11.8 Å². The minimum absolute atomic E-state index is 0.0162. The lowest BCUT2D eigenvalue weighted by molar-refractivity contribution is 0.0677. The van der Waals surface area contributed by atoms with E-state index >= 15 is 0 Å². The fourth-order valence-corrected chi connectivity index (χ4v) is 4.01. The van der Waals surface area contributed by atoms with E-state index in [-0.39, 0.29) is 18.1 Å². The van der Waals surface area contributed by atoms with E-state index in [2.05, 4.69) is 10.1 Å². The van der Waals surface area contributed by atoms with Crippen LogP contribution in [0.4, 0.5) is 0 Å². The number of aliphatic hydroxyl groups is 1. The summed E-state index contributed by atoms with van der Waals surface area (Å²) in [5.74, 6) is 4.66. The van der Waals surface area contributed by atoms with Crippen molar-refractivity contribution >= 4 is 23.5 Å². The highest BCUT2D eigenvalue weighted by atomic mass is 32.2. The molecule has 3 rings (SSSR count). The first-order chi connectivity index (χ1) is 8.34. The number of rotatable bonds is 2. The van der Waals surface area contributed by atoms with Gasteiger partial charge in [0.2, 0.25) is 11.7 Å². The molecule has 2 aliphatic heterocycles. The topological polar surface area (TPSA) is 68.4 Å². The van der Waals surface area contributed by atoms with Gasteiger partial charge in [0.05, 0.1) is 18.6 Å². The molecule has 7 heteroatoms. The normalized spacial score (nSPS) is 34.1. The zero-order chi connectivity index (χ0) is 11.7. The summed E-state index contributed by atoms with van der Waals surface area (Å²) in [4.78, 5) is 4.38. The van der Waals surface area contributed by atoms with E-state index in [9.17, 15) is 5.11 Å². The fraction of sp³-hybridized carbons (Fsp3) is 0.800. The lowest BCUT2D eigenvalue weighted by Crippen LogP contribution is -2.18. The van der Waals surface area contributed by atoms with Crippen molar-refractivity contribution in [2.45, 2.75) is 18.1 Å². The van der Waals surface area contributed by atoms with Crippen molar-refractivity contribution < 1.29 is 14.4 Å². The Bertz CT molecular complexity index is 381. The third-order valence-corrected chi connectivity index (χ3v) is 5.09. The van der Waals surface area contributed by atoms with E-state index in [1.54, 1.807) is 11.8 Å². The van der Waals surface area contributed by atoms with Gasteiger partial charge in [-0.05, 0) is 0 Å². The largest absolute Gasteiger partial charge is 0.391 e. The SMILES string of the molecule is OC1CSCC1c1nc(C2CSCCO2)no1. The van der Waals surface area contributed by atoms with Crippen LogP contribution in [0.25, 0.3) is 0 Å². The molecular formula is C10H14N2O3S2. The second kappa shape index (κ2) is 5.17. The van der Waals surface area contributed by atoms with Crippen molar-refractivity contribution in [1.29, 1.82) is 0 Å². The summed E-state index contributed by atoms with van der Waals surface area (Å²) in [7, 11) is 0. The minimum atomic E-state index is -0.366. The molecule has 3 heterocycles. The van der Waals surface area contributed by atoms with Crippen LogP contribution in [0, 0.1) is 0 Å². The first-order valence-electron chi connectivity index (χ1n) is 5.63. The van der Waals surface area contributed by atoms with Crippen LogP contribution in [0.2, 0.25) is 0 Å². The average molecular weight is 274 g/mol. The summed E-state index contributed by atoms with van der Waals surface area (Å²) in [6, 6.07) is 0. The second-order valence-electron chi connectivity index (χ2n) is 4.14. The van der Waals surface area contributed by atoms with E-state index in [1.165, 1.54) is 0 Å². The van der Waals surface area contributed by atoms with Crippen LogP contribution in [0.1, 0.15) is 23.7 Å². The van der Waals surface area contributed by atoms with E-state index in [0.717, 1.165) is 29.6 Å². The summed E-state index contributed by atoms with van der Waals surface area (Å²) in [6.45, 7) is 0.737. The summed E-state index contributed by atoms with van der Waals surface area (Å²) in [5, 5.41) is 13.8. The Morgan fingerprint density at radius 3 is 2.88 bits per heavy atom. The predicted octanol–water partition coefficient (Wildman–Crippen LogP) is 1.07. The van der Waals surface area contributed by atoms with Crippen molar-refractivity contribution in [3.05, 3.63) is 11.7 Å². The first-order valence-corrected chi connectivity index (χ1v) is 7.94. The van der Waals surface area contributed by atoms with Crippen LogP contribution in [0.3, 0.4) is 0 Å². The molecule has 0 bridgehead atoms. The molecule has 2 fully saturated rings. The molecule has 0 aliphatic carbocycles. The molecule has 3 unspecified atom stereocenters. The molecule has 2 saturated heterocycles. The van der Waals surface area contributed by atoms with Crippen LogP contribution in [-0.4, -0.2) is 51.0 Å². The third kappa shape index (κ3) is 2.47. The fourth-order valence-electron chi connectivity index (χ4n) is 1.94. The van der Waals surface area contributed by atoms with Gasteiger partial charge in [-0.1, -0.05) is 5.16 Å². The minimum Gasteiger partial charge on any atom is -0.391 e. The number of hydrogen-bond donors (Lipinski definition) is 1. The average Bonchev–Trinajstić information content (AvgIpc) is 2.98. The highest BCUT2D eigenvalue weighted by molar-refractivity contribution is 7.99. The van der Waals surface area contributed by atoms with Crippen LogP contribution in [-0.2, 0) is 4.74 Å². The summed E-state index contributed by atoms with van der Waals surface area (Å²) in [5.41, 5.74) is 0. The Morgan fingerprint density at radius 2 is 2.18 bits per heavy atom. The van der Waals surface area contributed by atoms with Gasteiger partial charge in [0, 0.05) is 23.0 Å². The van der Waals surface area contributed by atoms with Gasteiger partial charge in [-0.2, -0.15) is 28.5 Å². The van der Waals surface area contributed by atoms with Crippen molar-refractivity contribution in [1.82, 2.24) is 10.1 Å². The summed E-state index contributed by atoms with van der Waals surface area (Å²) < 4.78 is 10.8. The van der Waals surface area contributed by atoms with Gasteiger partial charge in [0.25, 0.3) is 0 Å². The number of aromatic nitrogens is 2. The Hall–Kier alpha value is -0.240. The monoisotopic (exact) mass is 274 g/mol. The first kappa shape index (κ1) is 11.8. The maximum Gasteiger partial charge on any atom is 0.233 e. The molecule has 2 aliphatic rings. The van der Waals surface area contributed by atoms with E-state index in [4.69, 9.17) is 9.26 Å². The molecule has 0 aromatic carbocycles. The van der Waals surface area contributed by atoms with Crippen molar-refractivity contribution in [3.63, 3.8) is 0 Å². The lowest BCUT2D eigenvalue weighted by atomic mass is 10.1. The highest BCUT2D eigenvalue weighted by Crippen LogP contribution is 2.33. The van der Waals surface area contributed by atoms with Crippen LogP contribution in [0.15, 0.2) is 4.52 Å². The zero-order valence-electron chi connectivity index (χ0n) is 9.24. The van der Waals surface area contributed by atoms with E-state index in [0.29, 0.717) is 11.7 Å². The summed E-state index contributed by atoms with van der Waals surface area (Å²) in [6.07, 6.45) is -0.424. The molecule has 1 aromatic heterocycles. The Balaban J connectivity index is 1.73. The van der Waals surface area contributed by atoms with Crippen molar-refractivity contribution in [2.24, 2.45) is 0 Å². The number of aliphatic hydroxyl groups excluding tert-OH is 1. The Labute approximate surface area is 108 Å². The van der Waals surface area contributed by atoms with Gasteiger partial charge in [0.15, 0.2) is 0 Å². The number of nitrogens with zero attached hydrogens (tertiary/aromatic N) is 2. The predicted molar refractivity (Wildman–Crippen MR) is 66.4 cm³/mol. The smallest absolute Gasteiger partial charge is 0.233 e. The van der Waals surface area contributed by atoms with Gasteiger partial charge < -0.3 is 14.4 Å². The number of hydrogen-bond acceptors (Lipinski definition) is 7. The van der Waals surface area contributed by atoms with Crippen molar-refractivity contribution in [2.75, 3.05) is 29.6 Å². The summed E-state index contributed by atoms with van der Waals surface area (Å²) >= 11 is 3.56. The molecule has 5 nitrogen and oxygen atoms in total. The molecule has 1 aromatic rings. The number of thioether (sulfide) groups is 2. The Kier molecular flexibility index (Phi) is 3.60. The van der Waals surface area contributed by atoms with Gasteiger partial charge in [-0.3, -0.25) is 0 Å².